The van der Waals surface area contributed by atoms with E-state index in [9.17, 15) is 14.4 Å². The molecule has 1 aromatic carbocycles. The summed E-state index contributed by atoms with van der Waals surface area (Å²) in [5.74, 6) is 0.0532. The summed E-state index contributed by atoms with van der Waals surface area (Å²) < 4.78 is 5.33. The molecule has 1 aromatic heterocycles. The van der Waals surface area contributed by atoms with Gasteiger partial charge in [-0.05, 0) is 57.0 Å². The second kappa shape index (κ2) is 13.3. The number of hydrogen-bond donors (Lipinski definition) is 2. The maximum absolute atomic E-state index is 12.9. The summed E-state index contributed by atoms with van der Waals surface area (Å²) in [7, 11) is 4.01. The number of aromatic nitrogens is 2. The molecule has 3 N–H and O–H groups in total. The van der Waals surface area contributed by atoms with Crippen LogP contribution in [-0.4, -0.2) is 115 Å². The first-order chi connectivity index (χ1) is 20.3. The van der Waals surface area contributed by atoms with Crippen molar-refractivity contribution in [3.63, 3.8) is 0 Å². The normalized spacial score (nSPS) is 19.3. The summed E-state index contributed by atoms with van der Waals surface area (Å²) >= 11 is 0. The van der Waals surface area contributed by atoms with Gasteiger partial charge < -0.3 is 30.5 Å². The summed E-state index contributed by atoms with van der Waals surface area (Å²) in [4.78, 5) is 54.8. The SMILES string of the molecule is CN(CC=CC(=O)N1CCCC(N(C)c2cnc(C(N)=O)c(Nc3ccc(C(=O)N4CCOCC4)cc3)n2)C1)C1CC1. The van der Waals surface area contributed by atoms with Crippen LogP contribution in [0, 0.1) is 0 Å². The fourth-order valence-electron chi connectivity index (χ4n) is 5.35. The van der Waals surface area contributed by atoms with E-state index >= 15 is 0 Å². The van der Waals surface area contributed by atoms with Gasteiger partial charge in [0.15, 0.2) is 11.5 Å². The highest BCUT2D eigenvalue weighted by molar-refractivity contribution is 5.97. The Kier molecular flexibility index (Phi) is 9.33. The van der Waals surface area contributed by atoms with E-state index < -0.39 is 5.91 Å². The van der Waals surface area contributed by atoms with E-state index in [0.29, 0.717) is 56.0 Å². The molecule has 3 heterocycles. The number of morpholine rings is 1. The van der Waals surface area contributed by atoms with Gasteiger partial charge in [0.05, 0.1) is 19.4 Å². The Morgan fingerprint density at radius 1 is 1.05 bits per heavy atom. The minimum atomic E-state index is -0.702. The van der Waals surface area contributed by atoms with E-state index in [1.165, 1.54) is 19.0 Å². The second-order valence-corrected chi connectivity index (χ2v) is 11.2. The lowest BCUT2D eigenvalue weighted by Gasteiger charge is -2.37. The van der Waals surface area contributed by atoms with Crippen molar-refractivity contribution < 1.29 is 19.1 Å². The van der Waals surface area contributed by atoms with E-state index in [-0.39, 0.29) is 29.4 Å². The first-order valence-electron chi connectivity index (χ1n) is 14.6. The lowest BCUT2D eigenvalue weighted by Crippen LogP contribution is -2.48. The van der Waals surface area contributed by atoms with Crippen molar-refractivity contribution in [2.45, 2.75) is 37.8 Å². The highest BCUT2D eigenvalue weighted by Gasteiger charge is 2.28. The minimum Gasteiger partial charge on any atom is -0.378 e. The van der Waals surface area contributed by atoms with Gasteiger partial charge in [-0.2, -0.15) is 0 Å². The zero-order valence-corrected chi connectivity index (χ0v) is 24.4. The summed E-state index contributed by atoms with van der Waals surface area (Å²) in [6, 6.07) is 7.69. The molecular weight excluding hydrogens is 536 g/mol. The van der Waals surface area contributed by atoms with Crippen molar-refractivity contribution in [2.24, 2.45) is 5.73 Å². The topological polar surface area (TPSA) is 137 Å². The van der Waals surface area contributed by atoms with Crippen molar-refractivity contribution in [1.82, 2.24) is 24.7 Å². The van der Waals surface area contributed by atoms with E-state index in [4.69, 9.17) is 15.5 Å². The molecule has 42 heavy (non-hydrogen) atoms. The highest BCUT2D eigenvalue weighted by atomic mass is 16.5. The molecule has 1 unspecified atom stereocenters. The number of nitrogens with one attached hydrogen (secondary N) is 1. The molecule has 0 bridgehead atoms. The largest absolute Gasteiger partial charge is 0.378 e. The van der Waals surface area contributed by atoms with Crippen molar-refractivity contribution in [1.29, 1.82) is 0 Å². The Morgan fingerprint density at radius 3 is 2.48 bits per heavy atom. The van der Waals surface area contributed by atoms with Crippen LogP contribution in [0.25, 0.3) is 0 Å². The average Bonchev–Trinajstić information content (AvgIpc) is 3.87. The fraction of sp³-hybridized carbons (Fsp3) is 0.500. The van der Waals surface area contributed by atoms with E-state index in [1.54, 1.807) is 35.2 Å². The van der Waals surface area contributed by atoms with Crippen molar-refractivity contribution in [2.75, 3.05) is 70.2 Å². The maximum atomic E-state index is 12.9. The zero-order valence-electron chi connectivity index (χ0n) is 24.4. The monoisotopic (exact) mass is 576 g/mol. The lowest BCUT2D eigenvalue weighted by molar-refractivity contribution is -0.127. The molecule has 224 valence electrons. The van der Waals surface area contributed by atoms with Crippen LogP contribution in [0.4, 0.5) is 17.3 Å². The number of hydrogen-bond acceptors (Lipinski definition) is 9. The molecule has 3 fully saturated rings. The standard InChI is InChI=1S/C30H40N8O4/c1-35(23-11-12-23)13-4-6-26(39)38-14-3-5-24(20-38)36(2)25-19-32-27(28(31)40)29(34-25)33-22-9-7-21(8-10-22)30(41)37-15-17-42-18-16-37/h4,6-10,19,23-24H,3,5,11-18,20H2,1-2H3,(H2,31,40)(H,33,34). The van der Waals surface area contributed by atoms with Crippen molar-refractivity contribution in [3.05, 3.63) is 53.9 Å². The van der Waals surface area contributed by atoms with Crippen LogP contribution in [0.3, 0.4) is 0 Å². The molecular formula is C30H40N8O4. The molecule has 2 aliphatic heterocycles. The van der Waals surface area contributed by atoms with E-state index in [0.717, 1.165) is 25.9 Å². The molecule has 12 heteroatoms. The molecule has 3 aliphatic rings. The number of carbonyl (C=O) groups is 3. The fourth-order valence-corrected chi connectivity index (χ4v) is 5.35. The van der Waals surface area contributed by atoms with Gasteiger partial charge in [-0.15, -0.1) is 0 Å². The van der Waals surface area contributed by atoms with Crippen molar-refractivity contribution in [3.8, 4) is 0 Å². The Hall–Kier alpha value is -4.03. The molecule has 12 nitrogen and oxygen atoms in total. The van der Waals surface area contributed by atoms with E-state index in [1.807, 2.05) is 22.9 Å². The second-order valence-electron chi connectivity index (χ2n) is 11.2. The summed E-state index contributed by atoms with van der Waals surface area (Å²) in [5.41, 5.74) is 6.83. The molecule has 0 spiro atoms. The molecule has 1 atom stereocenters. The Morgan fingerprint density at radius 2 is 1.79 bits per heavy atom. The van der Waals surface area contributed by atoms with Crippen LogP contribution in [0.5, 0.6) is 0 Å². The number of nitrogens with zero attached hydrogens (tertiary/aromatic N) is 6. The predicted octanol–water partition coefficient (Wildman–Crippen LogP) is 1.87. The van der Waals surface area contributed by atoms with Gasteiger partial charge in [-0.3, -0.25) is 19.3 Å². The van der Waals surface area contributed by atoms with Crippen LogP contribution in [0.15, 0.2) is 42.6 Å². The molecule has 1 saturated carbocycles. The van der Waals surface area contributed by atoms with Gasteiger partial charge in [-0.25, -0.2) is 9.97 Å². The number of piperidine rings is 1. The lowest BCUT2D eigenvalue weighted by atomic mass is 10.0. The first-order valence-corrected chi connectivity index (χ1v) is 14.6. The number of anilines is 3. The smallest absolute Gasteiger partial charge is 0.271 e. The minimum absolute atomic E-state index is 0.0161. The van der Waals surface area contributed by atoms with E-state index in [2.05, 4.69) is 22.2 Å². The summed E-state index contributed by atoms with van der Waals surface area (Å²) in [6.07, 6.45) is 9.42. The van der Waals surface area contributed by atoms with Gasteiger partial charge in [-0.1, -0.05) is 6.08 Å². The van der Waals surface area contributed by atoms with Gasteiger partial charge in [0.1, 0.15) is 5.82 Å². The van der Waals surface area contributed by atoms with Crippen molar-refractivity contribution >= 4 is 35.0 Å². The Labute approximate surface area is 246 Å². The highest BCUT2D eigenvalue weighted by Crippen LogP contribution is 2.26. The third-order valence-corrected chi connectivity index (χ3v) is 8.13. The zero-order chi connectivity index (χ0) is 29.6. The maximum Gasteiger partial charge on any atom is 0.271 e. The third kappa shape index (κ3) is 7.24. The molecule has 5 rings (SSSR count). The van der Waals surface area contributed by atoms with Crippen LogP contribution in [0.1, 0.15) is 46.5 Å². The van der Waals surface area contributed by atoms with Crippen LogP contribution >= 0.6 is 0 Å². The molecule has 2 saturated heterocycles. The number of primary amides is 1. The summed E-state index contributed by atoms with van der Waals surface area (Å²) in [6.45, 7) is 4.27. The first kappa shape index (κ1) is 29.5. The number of rotatable bonds is 10. The number of likely N-dealkylation sites (tertiary alicyclic amines) is 1. The molecule has 0 radical (unpaired) electrons. The van der Waals surface area contributed by atoms with Gasteiger partial charge in [0.2, 0.25) is 5.91 Å². The number of likely N-dealkylation sites (N-methyl/N-ethyl adjacent to an activating group) is 2. The van der Waals surface area contributed by atoms with Gasteiger partial charge >= 0.3 is 0 Å². The predicted molar refractivity (Wildman–Crippen MR) is 160 cm³/mol. The van der Waals surface area contributed by atoms with Gasteiger partial charge in [0, 0.05) is 69.2 Å². The van der Waals surface area contributed by atoms with Crippen LogP contribution in [-0.2, 0) is 9.53 Å². The molecule has 1 aliphatic carbocycles. The quantitative estimate of drug-likeness (QED) is 0.406. The van der Waals surface area contributed by atoms with Gasteiger partial charge in [0.25, 0.3) is 11.8 Å². The number of benzene rings is 1. The number of amides is 3. The number of carbonyl (C=O) groups excluding carboxylic acids is 3. The number of nitrogens with two attached hydrogens (primary N) is 1. The summed E-state index contributed by atoms with van der Waals surface area (Å²) in [5, 5.41) is 3.15. The average molecular weight is 577 g/mol. The molecule has 2 aromatic rings. The van der Waals surface area contributed by atoms with Crippen LogP contribution < -0.4 is 16.0 Å². The number of ether oxygens (including phenoxy) is 1. The third-order valence-electron chi connectivity index (χ3n) is 8.13. The van der Waals surface area contributed by atoms with Crippen LogP contribution in [0.2, 0.25) is 0 Å². The Bertz CT molecular complexity index is 1310. The Balaban J connectivity index is 1.24. The molecule has 3 amide bonds.